The van der Waals surface area contributed by atoms with Gasteiger partial charge in [-0.1, -0.05) is 12.8 Å². The second-order valence-corrected chi connectivity index (χ2v) is 3.51. The summed E-state index contributed by atoms with van der Waals surface area (Å²) in [6.45, 7) is 5.51. The molecule has 1 rings (SSSR count). The standard InChI is InChI=1S/C11H20N2/c1-3-13-10-6-8-11(13)7-4-5-9-12-2/h11-12H,3,6-10H2,1-2H3. The summed E-state index contributed by atoms with van der Waals surface area (Å²) in [5, 5.41) is 3.03. The summed E-state index contributed by atoms with van der Waals surface area (Å²) in [7, 11) is 1.93. The van der Waals surface area contributed by atoms with E-state index < -0.39 is 0 Å². The van der Waals surface area contributed by atoms with Crippen LogP contribution in [0, 0.1) is 11.8 Å². The summed E-state index contributed by atoms with van der Waals surface area (Å²) in [6.07, 6.45) is 3.74. The molecular formula is C11H20N2. The molecule has 1 unspecified atom stereocenters. The molecule has 1 atom stereocenters. The van der Waals surface area contributed by atoms with Gasteiger partial charge in [-0.3, -0.25) is 4.90 Å². The van der Waals surface area contributed by atoms with Crippen LogP contribution in [-0.2, 0) is 0 Å². The minimum Gasteiger partial charge on any atom is -0.309 e. The number of likely N-dealkylation sites (tertiary alicyclic amines) is 1. The van der Waals surface area contributed by atoms with Crippen molar-refractivity contribution in [3.8, 4) is 11.8 Å². The first-order valence-electron chi connectivity index (χ1n) is 5.22. The molecule has 13 heavy (non-hydrogen) atoms. The summed E-state index contributed by atoms with van der Waals surface area (Å²) < 4.78 is 0. The molecule has 2 nitrogen and oxygen atoms in total. The SMILES string of the molecule is CCN1CCCC1CC#CCNC. The highest BCUT2D eigenvalue weighted by Crippen LogP contribution is 2.18. The molecule has 0 bridgehead atoms. The van der Waals surface area contributed by atoms with E-state index in [2.05, 4.69) is 29.0 Å². The first-order valence-corrected chi connectivity index (χ1v) is 5.22. The zero-order chi connectivity index (χ0) is 9.52. The minimum absolute atomic E-state index is 0.731. The summed E-state index contributed by atoms with van der Waals surface area (Å²) >= 11 is 0. The molecule has 0 aromatic rings. The van der Waals surface area contributed by atoms with Gasteiger partial charge in [0.05, 0.1) is 6.54 Å². The van der Waals surface area contributed by atoms with Crippen LogP contribution in [0.2, 0.25) is 0 Å². The van der Waals surface area contributed by atoms with Gasteiger partial charge in [0.1, 0.15) is 0 Å². The molecule has 0 aromatic carbocycles. The molecule has 0 amide bonds. The molecule has 0 saturated carbocycles. The second-order valence-electron chi connectivity index (χ2n) is 3.51. The van der Waals surface area contributed by atoms with Gasteiger partial charge in [-0.25, -0.2) is 0 Å². The lowest BCUT2D eigenvalue weighted by atomic mass is 10.1. The van der Waals surface area contributed by atoms with Crippen LogP contribution in [0.3, 0.4) is 0 Å². The lowest BCUT2D eigenvalue weighted by Crippen LogP contribution is -2.28. The van der Waals surface area contributed by atoms with Crippen molar-refractivity contribution in [3.63, 3.8) is 0 Å². The van der Waals surface area contributed by atoms with Gasteiger partial charge < -0.3 is 5.32 Å². The van der Waals surface area contributed by atoms with Crippen LogP contribution >= 0.6 is 0 Å². The van der Waals surface area contributed by atoms with E-state index in [1.165, 1.54) is 25.9 Å². The van der Waals surface area contributed by atoms with Gasteiger partial charge in [-0.15, -0.1) is 5.92 Å². The van der Waals surface area contributed by atoms with Crippen LogP contribution in [0.15, 0.2) is 0 Å². The third kappa shape index (κ3) is 3.38. The number of nitrogens with zero attached hydrogens (tertiary/aromatic N) is 1. The fourth-order valence-corrected chi connectivity index (χ4v) is 1.88. The fourth-order valence-electron chi connectivity index (χ4n) is 1.88. The fraction of sp³-hybridized carbons (Fsp3) is 0.818. The van der Waals surface area contributed by atoms with Gasteiger partial charge in [0.15, 0.2) is 0 Å². The van der Waals surface area contributed by atoms with Crippen LogP contribution in [0.4, 0.5) is 0 Å². The summed E-state index contributed by atoms with van der Waals surface area (Å²) in [5.74, 6) is 6.36. The molecule has 74 valence electrons. The molecule has 1 aliphatic heterocycles. The van der Waals surface area contributed by atoms with Crippen LogP contribution in [0.25, 0.3) is 0 Å². The highest BCUT2D eigenvalue weighted by atomic mass is 15.2. The van der Waals surface area contributed by atoms with E-state index in [0.717, 1.165) is 19.0 Å². The first kappa shape index (κ1) is 10.6. The summed E-state index contributed by atoms with van der Waals surface area (Å²) in [6, 6.07) is 0.731. The lowest BCUT2D eigenvalue weighted by molar-refractivity contribution is 0.271. The van der Waals surface area contributed by atoms with Crippen LogP contribution in [0.1, 0.15) is 26.2 Å². The van der Waals surface area contributed by atoms with Gasteiger partial charge in [0.2, 0.25) is 0 Å². The maximum Gasteiger partial charge on any atom is 0.0574 e. The van der Waals surface area contributed by atoms with E-state index in [-0.39, 0.29) is 0 Å². The van der Waals surface area contributed by atoms with Crippen molar-refractivity contribution >= 4 is 0 Å². The molecule has 0 spiro atoms. The number of hydrogen-bond acceptors (Lipinski definition) is 2. The smallest absolute Gasteiger partial charge is 0.0574 e. The predicted octanol–water partition coefficient (Wildman–Crippen LogP) is 1.08. The minimum atomic E-state index is 0.731. The van der Waals surface area contributed by atoms with Gasteiger partial charge in [0, 0.05) is 12.5 Å². The van der Waals surface area contributed by atoms with E-state index >= 15 is 0 Å². The summed E-state index contributed by atoms with van der Waals surface area (Å²) in [5.41, 5.74) is 0. The third-order valence-corrected chi connectivity index (χ3v) is 2.63. The quantitative estimate of drug-likeness (QED) is 0.654. The Morgan fingerprint density at radius 3 is 3.00 bits per heavy atom. The predicted molar refractivity (Wildman–Crippen MR) is 56.6 cm³/mol. The van der Waals surface area contributed by atoms with Crippen molar-refractivity contribution < 1.29 is 0 Å². The zero-order valence-corrected chi connectivity index (χ0v) is 8.77. The van der Waals surface area contributed by atoms with Crippen LogP contribution in [-0.4, -0.2) is 37.6 Å². The van der Waals surface area contributed by atoms with E-state index in [4.69, 9.17) is 0 Å². The monoisotopic (exact) mass is 180 g/mol. The van der Waals surface area contributed by atoms with Crippen molar-refractivity contribution in [2.45, 2.75) is 32.2 Å². The highest BCUT2D eigenvalue weighted by Gasteiger charge is 2.21. The second kappa shape index (κ2) is 6.01. The van der Waals surface area contributed by atoms with E-state index in [1.54, 1.807) is 0 Å². The maximum atomic E-state index is 3.24. The van der Waals surface area contributed by atoms with Crippen molar-refractivity contribution in [3.05, 3.63) is 0 Å². The molecule has 1 heterocycles. The van der Waals surface area contributed by atoms with Crippen LogP contribution in [0.5, 0.6) is 0 Å². The van der Waals surface area contributed by atoms with Crippen molar-refractivity contribution in [2.75, 3.05) is 26.7 Å². The maximum absolute atomic E-state index is 3.24. The molecule has 1 fully saturated rings. The van der Waals surface area contributed by atoms with E-state index in [9.17, 15) is 0 Å². The third-order valence-electron chi connectivity index (χ3n) is 2.63. The van der Waals surface area contributed by atoms with Gasteiger partial charge in [-0.05, 0) is 33.0 Å². The molecule has 1 saturated heterocycles. The molecule has 2 heteroatoms. The first-order chi connectivity index (χ1) is 6.38. The van der Waals surface area contributed by atoms with Gasteiger partial charge >= 0.3 is 0 Å². The Labute approximate surface area is 81.7 Å². The van der Waals surface area contributed by atoms with Crippen molar-refractivity contribution in [2.24, 2.45) is 0 Å². The average Bonchev–Trinajstić information content (AvgIpc) is 2.60. The molecule has 1 N–H and O–H groups in total. The van der Waals surface area contributed by atoms with Crippen LogP contribution < -0.4 is 5.32 Å². The number of rotatable bonds is 3. The molecular weight excluding hydrogens is 160 g/mol. The largest absolute Gasteiger partial charge is 0.309 e. The average molecular weight is 180 g/mol. The Kier molecular flexibility index (Phi) is 4.88. The van der Waals surface area contributed by atoms with Crippen molar-refractivity contribution in [1.82, 2.24) is 10.2 Å². The number of nitrogens with one attached hydrogen (secondary N) is 1. The topological polar surface area (TPSA) is 15.3 Å². The Morgan fingerprint density at radius 1 is 1.46 bits per heavy atom. The normalized spacial score (nSPS) is 22.8. The Hall–Kier alpha value is -0.520. The van der Waals surface area contributed by atoms with Crippen molar-refractivity contribution in [1.29, 1.82) is 0 Å². The molecule has 0 aliphatic carbocycles. The highest BCUT2D eigenvalue weighted by molar-refractivity contribution is 5.03. The van der Waals surface area contributed by atoms with Gasteiger partial charge in [-0.2, -0.15) is 0 Å². The van der Waals surface area contributed by atoms with E-state index in [1.807, 2.05) is 7.05 Å². The van der Waals surface area contributed by atoms with Gasteiger partial charge in [0.25, 0.3) is 0 Å². The Bertz CT molecular complexity index is 190. The molecule has 1 aliphatic rings. The van der Waals surface area contributed by atoms with E-state index in [0.29, 0.717) is 0 Å². The number of hydrogen-bond donors (Lipinski definition) is 1. The zero-order valence-electron chi connectivity index (χ0n) is 8.77. The lowest BCUT2D eigenvalue weighted by Gasteiger charge is -2.20. The Morgan fingerprint density at radius 2 is 2.31 bits per heavy atom. The Balaban J connectivity index is 2.24. The molecule has 0 aromatic heterocycles. The molecule has 0 radical (unpaired) electrons. The summed E-state index contributed by atoms with van der Waals surface area (Å²) in [4.78, 5) is 2.54.